The van der Waals surface area contributed by atoms with Crippen LogP contribution in [0.1, 0.15) is 48.9 Å². The van der Waals surface area contributed by atoms with Gasteiger partial charge in [-0.25, -0.2) is 0 Å². The minimum absolute atomic E-state index is 0.168. The summed E-state index contributed by atoms with van der Waals surface area (Å²) in [4.78, 5) is 2.50. The number of hydrogen-bond acceptors (Lipinski definition) is 1. The lowest BCUT2D eigenvalue weighted by atomic mass is 9.81. The Hall–Kier alpha value is -6.18. The SMILES string of the molecule is CC1(C)c2cc(N(c3ccc(-c4cccc5c4CCCC5)cc3)c3cc4ccccc4cc3-c3ccccc3)ccc2-c2c(-c3ccccc3)cccc21. The van der Waals surface area contributed by atoms with E-state index >= 15 is 0 Å². The van der Waals surface area contributed by atoms with Crippen molar-refractivity contribution in [1.82, 2.24) is 0 Å². The number of aryl methyl sites for hydroxylation is 1. The van der Waals surface area contributed by atoms with Crippen molar-refractivity contribution >= 4 is 27.8 Å². The first-order chi connectivity index (χ1) is 26.5. The molecule has 8 aromatic carbocycles. The van der Waals surface area contributed by atoms with Crippen molar-refractivity contribution in [1.29, 1.82) is 0 Å². The van der Waals surface area contributed by atoms with Gasteiger partial charge >= 0.3 is 0 Å². The Morgan fingerprint density at radius 2 is 1.04 bits per heavy atom. The van der Waals surface area contributed by atoms with Crippen LogP contribution in [-0.4, -0.2) is 0 Å². The van der Waals surface area contributed by atoms with E-state index in [-0.39, 0.29) is 5.41 Å². The summed E-state index contributed by atoms with van der Waals surface area (Å²) in [6.45, 7) is 4.78. The van der Waals surface area contributed by atoms with Crippen LogP contribution >= 0.6 is 0 Å². The molecule has 1 heteroatoms. The molecule has 8 aromatic rings. The van der Waals surface area contributed by atoms with E-state index in [1.807, 2.05) is 0 Å². The molecule has 0 spiro atoms. The van der Waals surface area contributed by atoms with Crippen molar-refractivity contribution in [2.45, 2.75) is 44.9 Å². The van der Waals surface area contributed by atoms with E-state index < -0.39 is 0 Å². The zero-order chi connectivity index (χ0) is 36.2. The predicted octanol–water partition coefficient (Wildman–Crippen LogP) is 14.5. The van der Waals surface area contributed by atoms with Gasteiger partial charge in [-0.2, -0.15) is 0 Å². The molecule has 2 aliphatic rings. The van der Waals surface area contributed by atoms with Gasteiger partial charge in [-0.3, -0.25) is 0 Å². The zero-order valence-corrected chi connectivity index (χ0v) is 31.0. The van der Waals surface area contributed by atoms with Crippen LogP contribution in [0.2, 0.25) is 0 Å². The van der Waals surface area contributed by atoms with Gasteiger partial charge in [0.2, 0.25) is 0 Å². The maximum atomic E-state index is 2.50. The molecule has 0 radical (unpaired) electrons. The molecule has 0 saturated carbocycles. The Kier molecular flexibility index (Phi) is 7.84. The summed E-state index contributed by atoms with van der Waals surface area (Å²) in [6.07, 6.45) is 4.91. The van der Waals surface area contributed by atoms with Crippen LogP contribution in [0.5, 0.6) is 0 Å². The van der Waals surface area contributed by atoms with Crippen LogP contribution in [0.3, 0.4) is 0 Å². The smallest absolute Gasteiger partial charge is 0.0546 e. The standard InChI is InChI=1S/C53H43N/c1-53(2)49-26-14-25-46(37-15-5-3-6-16-37)52(49)47-32-31-43(35-50(47)53)54(42-29-27-39(28-30-42)45-24-13-22-36-19-11-12-23-44(36)45)51-34-41-21-10-9-20-40(41)33-48(51)38-17-7-4-8-18-38/h3-10,13-18,20-22,24-35H,11-12,19,23H2,1-2H3. The molecule has 0 atom stereocenters. The first kappa shape index (κ1) is 32.5. The number of fused-ring (bicyclic) bond motifs is 5. The van der Waals surface area contributed by atoms with Crippen LogP contribution in [0, 0.1) is 0 Å². The molecular formula is C53H43N. The predicted molar refractivity (Wildman–Crippen MR) is 229 cm³/mol. The fourth-order valence-corrected chi connectivity index (χ4v) is 9.30. The van der Waals surface area contributed by atoms with Crippen molar-refractivity contribution in [3.8, 4) is 44.5 Å². The van der Waals surface area contributed by atoms with Crippen molar-refractivity contribution in [3.63, 3.8) is 0 Å². The van der Waals surface area contributed by atoms with Crippen molar-refractivity contribution in [2.24, 2.45) is 0 Å². The molecule has 0 aromatic heterocycles. The molecular weight excluding hydrogens is 651 g/mol. The fourth-order valence-electron chi connectivity index (χ4n) is 9.30. The van der Waals surface area contributed by atoms with Gasteiger partial charge in [-0.1, -0.05) is 153 Å². The van der Waals surface area contributed by atoms with Crippen molar-refractivity contribution in [2.75, 3.05) is 4.90 Å². The summed E-state index contributed by atoms with van der Waals surface area (Å²) < 4.78 is 0. The van der Waals surface area contributed by atoms with E-state index in [1.165, 1.54) is 102 Å². The van der Waals surface area contributed by atoms with Crippen LogP contribution in [0.25, 0.3) is 55.3 Å². The van der Waals surface area contributed by atoms with Crippen molar-refractivity contribution in [3.05, 3.63) is 198 Å². The molecule has 0 aliphatic heterocycles. The number of nitrogens with zero attached hydrogens (tertiary/aromatic N) is 1. The Balaban J connectivity index is 1.18. The average Bonchev–Trinajstić information content (AvgIpc) is 3.47. The maximum Gasteiger partial charge on any atom is 0.0546 e. The molecule has 54 heavy (non-hydrogen) atoms. The van der Waals surface area contributed by atoms with E-state index in [4.69, 9.17) is 0 Å². The van der Waals surface area contributed by atoms with Crippen molar-refractivity contribution < 1.29 is 0 Å². The summed E-state index contributed by atoms with van der Waals surface area (Å²) >= 11 is 0. The second-order valence-electron chi connectivity index (χ2n) is 15.6. The summed E-state index contributed by atoms with van der Waals surface area (Å²) in [6, 6.07) is 65.5. The van der Waals surface area contributed by atoms with Gasteiger partial charge in [0.05, 0.1) is 5.69 Å². The molecule has 0 saturated heterocycles. The van der Waals surface area contributed by atoms with Gasteiger partial charge in [0, 0.05) is 22.4 Å². The van der Waals surface area contributed by atoms with Crippen LogP contribution in [0.4, 0.5) is 17.1 Å². The zero-order valence-electron chi connectivity index (χ0n) is 31.0. The maximum absolute atomic E-state index is 2.50. The van der Waals surface area contributed by atoms with Crippen LogP contribution < -0.4 is 4.90 Å². The van der Waals surface area contributed by atoms with E-state index in [2.05, 4.69) is 195 Å². The molecule has 260 valence electrons. The molecule has 0 fully saturated rings. The number of hydrogen-bond donors (Lipinski definition) is 0. The Morgan fingerprint density at radius 3 is 1.80 bits per heavy atom. The second kappa shape index (κ2) is 13.0. The molecule has 0 bridgehead atoms. The highest BCUT2D eigenvalue weighted by atomic mass is 15.1. The van der Waals surface area contributed by atoms with Crippen LogP contribution in [-0.2, 0) is 18.3 Å². The molecule has 0 unspecified atom stereocenters. The topological polar surface area (TPSA) is 3.24 Å². The Bertz CT molecular complexity index is 2670. The first-order valence-electron chi connectivity index (χ1n) is 19.5. The average molecular weight is 694 g/mol. The van der Waals surface area contributed by atoms with E-state index in [1.54, 1.807) is 0 Å². The van der Waals surface area contributed by atoms with E-state index in [0.29, 0.717) is 0 Å². The Morgan fingerprint density at radius 1 is 0.426 bits per heavy atom. The minimum Gasteiger partial charge on any atom is -0.310 e. The number of rotatable bonds is 6. The lowest BCUT2D eigenvalue weighted by Gasteiger charge is -2.30. The third-order valence-corrected chi connectivity index (χ3v) is 12.0. The van der Waals surface area contributed by atoms with Gasteiger partial charge in [0.1, 0.15) is 0 Å². The van der Waals surface area contributed by atoms with Gasteiger partial charge in [-0.05, 0) is 134 Å². The fraction of sp³-hybridized carbons (Fsp3) is 0.132. The summed E-state index contributed by atoms with van der Waals surface area (Å²) in [5.41, 5.74) is 19.4. The lowest BCUT2D eigenvalue weighted by Crippen LogP contribution is -2.17. The third-order valence-electron chi connectivity index (χ3n) is 12.0. The highest BCUT2D eigenvalue weighted by Gasteiger charge is 2.37. The molecule has 0 amide bonds. The summed E-state index contributed by atoms with van der Waals surface area (Å²) in [5.74, 6) is 0. The highest BCUT2D eigenvalue weighted by molar-refractivity contribution is 5.99. The third kappa shape index (κ3) is 5.38. The summed E-state index contributed by atoms with van der Waals surface area (Å²) in [7, 11) is 0. The molecule has 2 aliphatic carbocycles. The quantitative estimate of drug-likeness (QED) is 0.168. The lowest BCUT2D eigenvalue weighted by molar-refractivity contribution is 0.660. The molecule has 1 nitrogen and oxygen atoms in total. The van der Waals surface area contributed by atoms with Gasteiger partial charge < -0.3 is 4.90 Å². The van der Waals surface area contributed by atoms with Gasteiger partial charge in [0.15, 0.2) is 0 Å². The van der Waals surface area contributed by atoms with Gasteiger partial charge in [-0.15, -0.1) is 0 Å². The van der Waals surface area contributed by atoms with E-state index in [9.17, 15) is 0 Å². The first-order valence-corrected chi connectivity index (χ1v) is 19.5. The minimum atomic E-state index is -0.168. The molecule has 0 N–H and O–H groups in total. The van der Waals surface area contributed by atoms with E-state index in [0.717, 1.165) is 17.8 Å². The largest absolute Gasteiger partial charge is 0.310 e. The normalized spacial score (nSPS) is 14.0. The molecule has 10 rings (SSSR count). The monoisotopic (exact) mass is 693 g/mol. The summed E-state index contributed by atoms with van der Waals surface area (Å²) in [5, 5.41) is 2.47. The van der Waals surface area contributed by atoms with Gasteiger partial charge in [0.25, 0.3) is 0 Å². The number of benzene rings is 8. The second-order valence-corrected chi connectivity index (χ2v) is 15.6. The Labute approximate surface area is 319 Å². The molecule has 0 heterocycles. The van der Waals surface area contributed by atoms with Crippen LogP contribution in [0.15, 0.2) is 176 Å². The number of anilines is 3. The highest BCUT2D eigenvalue weighted by Crippen LogP contribution is 2.54.